The van der Waals surface area contributed by atoms with E-state index < -0.39 is 0 Å². The first kappa shape index (κ1) is 16.8. The molecular formula is C18H19N9. The minimum atomic E-state index is 0.466. The van der Waals surface area contributed by atoms with Crippen LogP contribution in [0.5, 0.6) is 0 Å². The van der Waals surface area contributed by atoms with Gasteiger partial charge in [-0.05, 0) is 42.0 Å². The Labute approximate surface area is 156 Å². The summed E-state index contributed by atoms with van der Waals surface area (Å²) in [6.45, 7) is 2.50. The van der Waals surface area contributed by atoms with Gasteiger partial charge in [-0.2, -0.15) is 0 Å². The molecule has 0 amide bonds. The number of pyridine rings is 1. The van der Waals surface area contributed by atoms with E-state index in [1.807, 2.05) is 66.9 Å². The highest BCUT2D eigenvalue weighted by Gasteiger charge is 2.16. The molecule has 27 heavy (non-hydrogen) atoms. The molecule has 3 heterocycles. The highest BCUT2D eigenvalue weighted by Crippen LogP contribution is 2.20. The minimum absolute atomic E-state index is 0.466. The van der Waals surface area contributed by atoms with E-state index in [2.05, 4.69) is 30.6 Å². The predicted molar refractivity (Wildman–Crippen MR) is 100 cm³/mol. The van der Waals surface area contributed by atoms with Crippen LogP contribution in [0.25, 0.3) is 17.1 Å². The van der Waals surface area contributed by atoms with Crippen LogP contribution in [0.15, 0.2) is 48.8 Å². The van der Waals surface area contributed by atoms with Crippen LogP contribution in [0.3, 0.4) is 0 Å². The van der Waals surface area contributed by atoms with Crippen molar-refractivity contribution in [2.45, 2.75) is 13.5 Å². The quantitative estimate of drug-likeness (QED) is 0.535. The smallest absolute Gasteiger partial charge is 0.227 e. The van der Waals surface area contributed by atoms with E-state index in [9.17, 15) is 0 Å². The van der Waals surface area contributed by atoms with Gasteiger partial charge in [-0.15, -0.1) is 25.2 Å². The summed E-state index contributed by atoms with van der Waals surface area (Å²) in [7, 11) is 3.85. The maximum Gasteiger partial charge on any atom is 0.227 e. The Hall–Kier alpha value is -3.62. The summed E-state index contributed by atoms with van der Waals surface area (Å²) in [5.41, 5.74) is 2.99. The third kappa shape index (κ3) is 3.39. The lowest BCUT2D eigenvalue weighted by atomic mass is 10.2. The van der Waals surface area contributed by atoms with Crippen LogP contribution >= 0.6 is 0 Å². The lowest BCUT2D eigenvalue weighted by Crippen LogP contribution is -2.21. The summed E-state index contributed by atoms with van der Waals surface area (Å²) in [5, 5.41) is 21.4. The fraction of sp³-hybridized carbons (Fsp3) is 0.222. The monoisotopic (exact) mass is 361 g/mol. The second-order valence-electron chi connectivity index (χ2n) is 6.31. The van der Waals surface area contributed by atoms with Gasteiger partial charge in [0.1, 0.15) is 0 Å². The molecule has 0 unspecified atom stereocenters. The van der Waals surface area contributed by atoms with Gasteiger partial charge in [-0.1, -0.05) is 12.1 Å². The van der Waals surface area contributed by atoms with Crippen molar-refractivity contribution in [2.75, 3.05) is 11.9 Å². The van der Waals surface area contributed by atoms with E-state index in [1.165, 1.54) is 4.80 Å². The predicted octanol–water partition coefficient (Wildman–Crippen LogP) is 1.80. The first-order valence-corrected chi connectivity index (χ1v) is 8.48. The molecule has 0 aliphatic carbocycles. The number of aromatic nitrogens is 8. The molecule has 0 aliphatic heterocycles. The number of aryl methyl sites for hydroxylation is 1. The first-order chi connectivity index (χ1) is 13.1. The summed E-state index contributed by atoms with van der Waals surface area (Å²) in [6.07, 6.45) is 3.47. The fourth-order valence-electron chi connectivity index (χ4n) is 2.86. The van der Waals surface area contributed by atoms with Gasteiger partial charge >= 0.3 is 0 Å². The van der Waals surface area contributed by atoms with E-state index >= 15 is 0 Å². The molecule has 136 valence electrons. The number of benzene rings is 1. The van der Waals surface area contributed by atoms with E-state index in [1.54, 1.807) is 12.4 Å². The number of nitrogens with zero attached hydrogens (tertiary/aromatic N) is 9. The topological polar surface area (TPSA) is 90.4 Å². The average molecular weight is 361 g/mol. The summed E-state index contributed by atoms with van der Waals surface area (Å²) in [4.78, 5) is 7.51. The Kier molecular flexibility index (Phi) is 4.33. The van der Waals surface area contributed by atoms with Crippen molar-refractivity contribution in [2.24, 2.45) is 7.05 Å². The summed E-state index contributed by atoms with van der Waals surface area (Å²) in [6, 6.07) is 11.8. The molecule has 0 bridgehead atoms. The van der Waals surface area contributed by atoms with E-state index in [-0.39, 0.29) is 0 Å². The van der Waals surface area contributed by atoms with Gasteiger partial charge in [0.15, 0.2) is 11.6 Å². The Morgan fingerprint density at radius 1 is 1.04 bits per heavy atom. The highest BCUT2D eigenvalue weighted by atomic mass is 15.6. The van der Waals surface area contributed by atoms with Crippen molar-refractivity contribution in [3.05, 3.63) is 60.2 Å². The fourth-order valence-corrected chi connectivity index (χ4v) is 2.86. The Morgan fingerprint density at radius 3 is 2.63 bits per heavy atom. The highest BCUT2D eigenvalue weighted by molar-refractivity contribution is 5.56. The lowest BCUT2D eigenvalue weighted by molar-refractivity contribution is 0.714. The molecule has 0 radical (unpaired) electrons. The largest absolute Gasteiger partial charge is 0.336 e. The van der Waals surface area contributed by atoms with Gasteiger partial charge in [0.2, 0.25) is 5.95 Å². The summed E-state index contributed by atoms with van der Waals surface area (Å²) in [5.74, 6) is 2.09. The third-order valence-corrected chi connectivity index (χ3v) is 4.20. The number of hydrogen-bond acceptors (Lipinski definition) is 7. The molecule has 4 rings (SSSR count). The van der Waals surface area contributed by atoms with Crippen molar-refractivity contribution < 1.29 is 0 Å². The standard InChI is InChI=1S/C18H19N9/c1-13-5-4-6-15(11-13)27-23-16(20-24-27)12-25(2)18-22-21-17(26(18)3)14-7-9-19-10-8-14/h4-11H,12H2,1-3H3. The molecule has 9 nitrogen and oxygen atoms in total. The molecule has 1 aromatic carbocycles. The van der Waals surface area contributed by atoms with Crippen LogP contribution < -0.4 is 4.90 Å². The van der Waals surface area contributed by atoms with Crippen LogP contribution in [-0.4, -0.2) is 47.0 Å². The van der Waals surface area contributed by atoms with Crippen molar-refractivity contribution in [3.8, 4) is 17.1 Å². The van der Waals surface area contributed by atoms with Gasteiger partial charge in [-0.25, -0.2) is 0 Å². The Bertz CT molecular complexity index is 1050. The zero-order chi connectivity index (χ0) is 18.8. The molecule has 0 N–H and O–H groups in total. The lowest BCUT2D eigenvalue weighted by Gasteiger charge is -2.15. The van der Waals surface area contributed by atoms with Crippen molar-refractivity contribution in [1.29, 1.82) is 0 Å². The van der Waals surface area contributed by atoms with Gasteiger partial charge in [-0.3, -0.25) is 9.55 Å². The maximum absolute atomic E-state index is 4.47. The summed E-state index contributed by atoms with van der Waals surface area (Å²) < 4.78 is 1.93. The van der Waals surface area contributed by atoms with Crippen molar-refractivity contribution in [1.82, 2.24) is 40.0 Å². The molecule has 0 saturated heterocycles. The molecule has 0 spiro atoms. The van der Waals surface area contributed by atoms with Crippen LogP contribution in [0.1, 0.15) is 11.4 Å². The van der Waals surface area contributed by atoms with Gasteiger partial charge in [0, 0.05) is 32.1 Å². The average Bonchev–Trinajstić information content (AvgIpc) is 3.29. The van der Waals surface area contributed by atoms with E-state index in [4.69, 9.17) is 0 Å². The SMILES string of the molecule is Cc1cccc(-n2nnc(CN(C)c3nnc(-c4ccncc4)n3C)n2)c1. The number of rotatable bonds is 5. The number of anilines is 1. The van der Waals surface area contributed by atoms with Gasteiger partial charge in [0.25, 0.3) is 0 Å². The number of hydrogen-bond donors (Lipinski definition) is 0. The zero-order valence-corrected chi connectivity index (χ0v) is 15.4. The second-order valence-corrected chi connectivity index (χ2v) is 6.31. The molecular weight excluding hydrogens is 342 g/mol. The summed E-state index contributed by atoms with van der Waals surface area (Å²) >= 11 is 0. The van der Waals surface area contributed by atoms with E-state index in [0.29, 0.717) is 18.3 Å². The van der Waals surface area contributed by atoms with Crippen LogP contribution in [0.4, 0.5) is 5.95 Å². The zero-order valence-electron chi connectivity index (χ0n) is 15.4. The third-order valence-electron chi connectivity index (χ3n) is 4.20. The minimum Gasteiger partial charge on any atom is -0.336 e. The molecule has 0 aliphatic rings. The normalized spacial score (nSPS) is 10.9. The van der Waals surface area contributed by atoms with Crippen LogP contribution in [0, 0.1) is 6.92 Å². The number of tetrazole rings is 1. The van der Waals surface area contributed by atoms with Crippen LogP contribution in [0.2, 0.25) is 0 Å². The molecule has 3 aromatic heterocycles. The molecule has 9 heteroatoms. The van der Waals surface area contributed by atoms with Crippen LogP contribution in [-0.2, 0) is 13.6 Å². The second kappa shape index (κ2) is 6.94. The van der Waals surface area contributed by atoms with Gasteiger partial charge in [0.05, 0.1) is 12.2 Å². The first-order valence-electron chi connectivity index (χ1n) is 8.48. The van der Waals surface area contributed by atoms with Gasteiger partial charge < -0.3 is 4.90 Å². The van der Waals surface area contributed by atoms with Crippen molar-refractivity contribution in [3.63, 3.8) is 0 Å². The maximum atomic E-state index is 4.47. The Balaban J connectivity index is 1.53. The van der Waals surface area contributed by atoms with Crippen molar-refractivity contribution >= 4 is 5.95 Å². The molecule has 0 fully saturated rings. The molecule has 0 saturated carbocycles. The molecule has 4 aromatic rings. The molecule has 0 atom stereocenters. The van der Waals surface area contributed by atoms with E-state index in [0.717, 1.165) is 22.6 Å². The Morgan fingerprint density at radius 2 is 1.85 bits per heavy atom.